The Bertz CT molecular complexity index is 1310. The molecule has 3 aromatic carbocycles. The lowest BCUT2D eigenvalue weighted by Crippen LogP contribution is -2.61. The lowest BCUT2D eigenvalue weighted by molar-refractivity contribution is 0.0265. The van der Waals surface area contributed by atoms with Crippen molar-refractivity contribution in [3.05, 3.63) is 95.1 Å². The highest BCUT2D eigenvalue weighted by atomic mass is 16.1. The van der Waals surface area contributed by atoms with Crippen molar-refractivity contribution in [1.29, 1.82) is 0 Å². The third kappa shape index (κ3) is 4.53. The van der Waals surface area contributed by atoms with Crippen LogP contribution < -0.4 is 5.32 Å². The number of hydrogen-bond acceptors (Lipinski definition) is 3. The molecule has 1 aliphatic heterocycles. The van der Waals surface area contributed by atoms with Crippen molar-refractivity contribution in [3.8, 4) is 11.1 Å². The fourth-order valence-electron chi connectivity index (χ4n) is 6.47. The van der Waals surface area contributed by atoms with Crippen LogP contribution in [0.2, 0.25) is 0 Å². The number of rotatable bonds is 7. The summed E-state index contributed by atoms with van der Waals surface area (Å²) in [5, 5.41) is 3.09. The molecule has 190 valence electrons. The highest BCUT2D eigenvalue weighted by Gasteiger charge is 2.53. The summed E-state index contributed by atoms with van der Waals surface area (Å²) in [4.78, 5) is 29.1. The van der Waals surface area contributed by atoms with Crippen molar-refractivity contribution in [2.45, 2.75) is 51.0 Å². The summed E-state index contributed by atoms with van der Waals surface area (Å²) < 4.78 is 0. The topological polar surface area (TPSA) is 49.4 Å². The normalized spacial score (nSPS) is 25.0. The first-order chi connectivity index (χ1) is 17.9. The Labute approximate surface area is 220 Å². The smallest absolute Gasteiger partial charge is 0.251 e. The summed E-state index contributed by atoms with van der Waals surface area (Å²) >= 11 is 0. The fraction of sp³-hybridized carbons (Fsp3) is 0.394. The third-order valence-electron chi connectivity index (χ3n) is 9.17. The van der Waals surface area contributed by atoms with Gasteiger partial charge in [0.2, 0.25) is 0 Å². The molecule has 3 atom stereocenters. The van der Waals surface area contributed by atoms with Crippen molar-refractivity contribution in [1.82, 2.24) is 10.2 Å². The summed E-state index contributed by atoms with van der Waals surface area (Å²) in [6, 6.07) is 24.6. The number of fused-ring (bicyclic) bond motifs is 4. The first kappa shape index (κ1) is 24.1. The van der Waals surface area contributed by atoms with E-state index in [-0.39, 0.29) is 29.1 Å². The van der Waals surface area contributed by atoms with Crippen LogP contribution in [0.5, 0.6) is 0 Å². The molecule has 37 heavy (non-hydrogen) atoms. The predicted octanol–water partition coefficient (Wildman–Crippen LogP) is 5.90. The molecule has 3 aromatic rings. The molecule has 1 amide bonds. The maximum absolute atomic E-state index is 13.6. The van der Waals surface area contributed by atoms with Crippen LogP contribution in [0.15, 0.2) is 72.8 Å². The lowest BCUT2D eigenvalue weighted by atomic mass is 9.58. The summed E-state index contributed by atoms with van der Waals surface area (Å²) in [5.74, 6) is 1.20. The van der Waals surface area contributed by atoms with Gasteiger partial charge in [-0.25, -0.2) is 0 Å². The average Bonchev–Trinajstić information content (AvgIpc) is 3.75. The molecule has 3 aliphatic rings. The van der Waals surface area contributed by atoms with Crippen LogP contribution in [-0.4, -0.2) is 42.3 Å². The Morgan fingerprint density at radius 2 is 1.73 bits per heavy atom. The Balaban J connectivity index is 1.13. The molecule has 6 rings (SSSR count). The molecule has 4 heteroatoms. The van der Waals surface area contributed by atoms with Gasteiger partial charge in [-0.1, -0.05) is 74.5 Å². The van der Waals surface area contributed by atoms with E-state index in [2.05, 4.69) is 60.5 Å². The number of amides is 1. The Hall–Kier alpha value is -3.24. The number of nitrogens with one attached hydrogen (secondary N) is 1. The number of Topliss-reactive ketones (excluding diaryl/α,β-unsaturated/α-hetero) is 1. The molecule has 2 aliphatic carbocycles. The molecular weight excluding hydrogens is 456 g/mol. The van der Waals surface area contributed by atoms with E-state index in [1.165, 1.54) is 29.5 Å². The van der Waals surface area contributed by atoms with Gasteiger partial charge in [0.15, 0.2) is 5.78 Å². The van der Waals surface area contributed by atoms with E-state index in [0.717, 1.165) is 43.0 Å². The Kier molecular flexibility index (Phi) is 6.24. The second kappa shape index (κ2) is 9.57. The zero-order valence-electron chi connectivity index (χ0n) is 21.9. The molecule has 0 aromatic heterocycles. The van der Waals surface area contributed by atoms with Gasteiger partial charge in [0.25, 0.3) is 5.91 Å². The van der Waals surface area contributed by atoms with Gasteiger partial charge in [-0.3, -0.25) is 14.5 Å². The van der Waals surface area contributed by atoms with E-state index in [1.54, 1.807) is 0 Å². The van der Waals surface area contributed by atoms with Gasteiger partial charge in [0.1, 0.15) is 0 Å². The van der Waals surface area contributed by atoms with Crippen LogP contribution >= 0.6 is 0 Å². The number of likely N-dealkylation sites (tertiary alicyclic amines) is 1. The van der Waals surface area contributed by atoms with Crippen LogP contribution in [0.3, 0.4) is 0 Å². The highest BCUT2D eigenvalue weighted by molar-refractivity contribution is 6.05. The number of benzene rings is 3. The van der Waals surface area contributed by atoms with E-state index in [1.807, 2.05) is 36.4 Å². The molecule has 1 saturated carbocycles. The van der Waals surface area contributed by atoms with Crippen molar-refractivity contribution >= 4 is 11.7 Å². The van der Waals surface area contributed by atoms with Gasteiger partial charge in [0.05, 0.1) is 6.04 Å². The zero-order chi connectivity index (χ0) is 25.6. The third-order valence-corrected chi connectivity index (χ3v) is 9.17. The minimum absolute atomic E-state index is 0.0280. The molecule has 0 radical (unpaired) electrons. The lowest BCUT2D eigenvalue weighted by Gasteiger charge is -2.53. The molecule has 1 saturated heterocycles. The second-order valence-corrected chi connectivity index (χ2v) is 11.5. The molecule has 0 unspecified atom stereocenters. The molecule has 2 fully saturated rings. The summed E-state index contributed by atoms with van der Waals surface area (Å²) in [6.07, 6.45) is 4.41. The standard InChI is InChI=1S/C33H36N2O2/c1-22-30-31(36)28-15-14-27(20-29(28)33(22,2)17-19-35(30)21-24-8-9-24)32(37)34-18-16-23-10-12-26(13-11-23)25-6-4-3-5-7-25/h3-7,10-15,20,22,24,30H,8-9,16-19,21H2,1-2H3,(H,34,37)/t22-,30+,33-/m0/s1. The summed E-state index contributed by atoms with van der Waals surface area (Å²) in [7, 11) is 0. The minimum Gasteiger partial charge on any atom is -0.352 e. The highest BCUT2D eigenvalue weighted by Crippen LogP contribution is 2.49. The van der Waals surface area contributed by atoms with Gasteiger partial charge in [0, 0.05) is 24.2 Å². The number of piperidine rings is 1. The molecule has 1 N–H and O–H groups in total. The van der Waals surface area contributed by atoms with Crippen LogP contribution in [0, 0.1) is 11.8 Å². The zero-order valence-corrected chi connectivity index (χ0v) is 21.9. The van der Waals surface area contributed by atoms with Gasteiger partial charge in [-0.05, 0) is 83.9 Å². The number of nitrogens with zero attached hydrogens (tertiary/aromatic N) is 1. The molecular formula is C33H36N2O2. The van der Waals surface area contributed by atoms with Crippen molar-refractivity contribution in [2.75, 3.05) is 19.6 Å². The second-order valence-electron chi connectivity index (χ2n) is 11.5. The first-order valence-corrected chi connectivity index (χ1v) is 13.8. The SMILES string of the molecule is C[C@H]1[C@@H]2C(=O)c3ccc(C(=O)NCCc4ccc(-c5ccccc5)cc4)cc3[C@@]1(C)CCN2CC1CC1. The molecule has 2 bridgehead atoms. The van der Waals surface area contributed by atoms with Gasteiger partial charge < -0.3 is 5.32 Å². The summed E-state index contributed by atoms with van der Waals surface area (Å²) in [5.41, 5.74) is 6.05. The van der Waals surface area contributed by atoms with Gasteiger partial charge >= 0.3 is 0 Å². The number of ketones is 1. The van der Waals surface area contributed by atoms with E-state index in [4.69, 9.17) is 0 Å². The van der Waals surface area contributed by atoms with Crippen LogP contribution in [0.4, 0.5) is 0 Å². The maximum Gasteiger partial charge on any atom is 0.251 e. The van der Waals surface area contributed by atoms with Crippen molar-refractivity contribution in [3.63, 3.8) is 0 Å². The molecule has 4 nitrogen and oxygen atoms in total. The molecule has 1 heterocycles. The average molecular weight is 493 g/mol. The predicted molar refractivity (Wildman–Crippen MR) is 148 cm³/mol. The number of hydrogen-bond donors (Lipinski definition) is 1. The monoisotopic (exact) mass is 492 g/mol. The van der Waals surface area contributed by atoms with Crippen molar-refractivity contribution < 1.29 is 9.59 Å². The van der Waals surface area contributed by atoms with Crippen LogP contribution in [0.1, 0.15) is 65.0 Å². The molecule has 0 spiro atoms. The van der Waals surface area contributed by atoms with Crippen LogP contribution in [-0.2, 0) is 11.8 Å². The maximum atomic E-state index is 13.6. The fourth-order valence-corrected chi connectivity index (χ4v) is 6.47. The van der Waals surface area contributed by atoms with Gasteiger partial charge in [-0.2, -0.15) is 0 Å². The van der Waals surface area contributed by atoms with E-state index in [9.17, 15) is 9.59 Å². The number of carbonyl (C=O) groups is 2. The first-order valence-electron chi connectivity index (χ1n) is 13.8. The van der Waals surface area contributed by atoms with E-state index in [0.29, 0.717) is 12.1 Å². The minimum atomic E-state index is -0.0786. The van der Waals surface area contributed by atoms with Crippen LogP contribution in [0.25, 0.3) is 11.1 Å². The number of carbonyl (C=O) groups excluding carboxylic acids is 2. The quantitative estimate of drug-likeness (QED) is 0.447. The Morgan fingerprint density at radius 3 is 2.46 bits per heavy atom. The Morgan fingerprint density at radius 1 is 1.00 bits per heavy atom. The van der Waals surface area contributed by atoms with E-state index >= 15 is 0 Å². The summed E-state index contributed by atoms with van der Waals surface area (Å²) in [6.45, 7) is 7.13. The largest absolute Gasteiger partial charge is 0.352 e. The van der Waals surface area contributed by atoms with E-state index < -0.39 is 0 Å². The van der Waals surface area contributed by atoms with Crippen molar-refractivity contribution in [2.24, 2.45) is 11.8 Å². The van der Waals surface area contributed by atoms with Gasteiger partial charge in [-0.15, -0.1) is 0 Å².